The standard InChI is InChI=1S/C44H55NO7/c1-22(2)34-37(48)32-31-25(28-21-39(3,4)52-40(5,6)33(28)36(31)47)19-26-27-18-23-12-14-29-41(7,43(23,9)38(27)45(34)35(26)32)16-17-44(50-11)42(29,8)20-24(51-44)13-15-30(46)49-10/h13,15,19,21,23-24,29,33,36,47-48H,1,12,14,16-18,20H2,2-11H3/t23?,24-,29?,33?,36?,41+,42+,43-,44?/m1/s1. The molecule has 1 saturated heterocycles. The van der Waals surface area contributed by atoms with Crippen LogP contribution in [-0.2, 0) is 35.6 Å². The van der Waals surface area contributed by atoms with Gasteiger partial charge in [-0.2, -0.15) is 0 Å². The minimum absolute atomic E-state index is 0.126. The third kappa shape index (κ3) is 3.85. The van der Waals surface area contributed by atoms with E-state index in [0.717, 1.165) is 77.4 Å². The van der Waals surface area contributed by atoms with Gasteiger partial charge >= 0.3 is 5.97 Å². The molecule has 5 unspecified atom stereocenters. The van der Waals surface area contributed by atoms with Crippen LogP contribution in [0.5, 0.6) is 5.75 Å². The van der Waals surface area contributed by atoms with E-state index in [9.17, 15) is 15.0 Å². The number of aromatic nitrogens is 1. The zero-order valence-electron chi connectivity index (χ0n) is 32.5. The predicted molar refractivity (Wildman–Crippen MR) is 201 cm³/mol. The maximum absolute atomic E-state index is 12.4. The number of nitrogens with zero attached hydrogens (tertiary/aromatic N) is 1. The monoisotopic (exact) mass is 709 g/mol. The van der Waals surface area contributed by atoms with Crippen LogP contribution in [0, 0.1) is 28.6 Å². The Bertz CT molecular complexity index is 2150. The molecule has 4 heterocycles. The van der Waals surface area contributed by atoms with Crippen molar-refractivity contribution in [3.63, 3.8) is 0 Å². The molecule has 3 aromatic rings. The number of carbonyl (C=O) groups is 1. The Kier molecular flexibility index (Phi) is 6.86. The molecular formula is C44H55NO7. The van der Waals surface area contributed by atoms with Gasteiger partial charge in [-0.1, -0.05) is 27.4 Å². The molecule has 52 heavy (non-hydrogen) atoms. The predicted octanol–water partition coefficient (Wildman–Crippen LogP) is 8.41. The molecule has 0 spiro atoms. The first-order valence-corrected chi connectivity index (χ1v) is 19.3. The van der Waals surface area contributed by atoms with Crippen molar-refractivity contribution in [3.05, 3.63) is 59.0 Å². The molecule has 8 heteroatoms. The van der Waals surface area contributed by atoms with E-state index in [1.54, 1.807) is 7.11 Å². The summed E-state index contributed by atoms with van der Waals surface area (Å²) in [7, 11) is 3.17. The third-order valence-corrected chi connectivity index (χ3v) is 15.6. The number of aliphatic hydroxyl groups is 1. The number of hydrogen-bond acceptors (Lipinski definition) is 7. The first kappa shape index (κ1) is 34.6. The fraction of sp³-hybridized carbons (Fsp3) is 0.614. The van der Waals surface area contributed by atoms with Crippen molar-refractivity contribution >= 4 is 33.4 Å². The molecule has 0 amide bonds. The molecule has 3 fully saturated rings. The molecule has 2 aromatic heterocycles. The number of aliphatic hydroxyl groups excluding tert-OH is 1. The van der Waals surface area contributed by atoms with Gasteiger partial charge in [0, 0.05) is 58.4 Å². The summed E-state index contributed by atoms with van der Waals surface area (Å²) in [4.78, 5) is 12.1. The lowest BCUT2D eigenvalue weighted by Gasteiger charge is -2.66. The zero-order valence-corrected chi connectivity index (χ0v) is 32.5. The van der Waals surface area contributed by atoms with Gasteiger partial charge in [0.25, 0.3) is 0 Å². The van der Waals surface area contributed by atoms with Crippen molar-refractivity contribution in [2.24, 2.45) is 28.6 Å². The van der Waals surface area contributed by atoms with E-state index in [0.29, 0.717) is 5.92 Å². The van der Waals surface area contributed by atoms with Gasteiger partial charge in [0.05, 0.1) is 41.7 Å². The van der Waals surface area contributed by atoms with Gasteiger partial charge in [-0.05, 0) is 124 Å². The Morgan fingerprint density at radius 3 is 2.48 bits per heavy atom. The largest absolute Gasteiger partial charge is 0.505 e. The van der Waals surface area contributed by atoms with Crippen LogP contribution in [0.3, 0.4) is 0 Å². The van der Waals surface area contributed by atoms with E-state index in [4.69, 9.17) is 18.9 Å². The Morgan fingerprint density at radius 2 is 1.81 bits per heavy atom. The Labute approximate surface area is 307 Å². The fourth-order valence-electron chi connectivity index (χ4n) is 13.7. The van der Waals surface area contributed by atoms with Gasteiger partial charge in [0.2, 0.25) is 0 Å². The Hall–Kier alpha value is -3.17. The molecule has 9 rings (SSSR count). The molecule has 0 bridgehead atoms. The van der Waals surface area contributed by atoms with Gasteiger partial charge in [-0.25, -0.2) is 4.79 Å². The van der Waals surface area contributed by atoms with Gasteiger partial charge in [-0.15, -0.1) is 0 Å². The number of ether oxygens (including phenoxy) is 4. The number of esters is 1. The lowest BCUT2D eigenvalue weighted by atomic mass is 9.40. The van der Waals surface area contributed by atoms with Gasteiger partial charge in [0.1, 0.15) is 5.75 Å². The normalized spacial score (nSPS) is 39.6. The average Bonchev–Trinajstić information content (AvgIpc) is 3.80. The van der Waals surface area contributed by atoms with Crippen molar-refractivity contribution in [2.75, 3.05) is 14.2 Å². The van der Waals surface area contributed by atoms with E-state index in [2.05, 4.69) is 71.6 Å². The molecular weight excluding hydrogens is 654 g/mol. The molecule has 8 nitrogen and oxygen atoms in total. The Morgan fingerprint density at radius 1 is 1.08 bits per heavy atom. The molecule has 9 atom stereocenters. The summed E-state index contributed by atoms with van der Waals surface area (Å²) >= 11 is 0. The second kappa shape index (κ2) is 10.3. The van der Waals surface area contributed by atoms with Gasteiger partial charge in [0.15, 0.2) is 5.79 Å². The second-order valence-electron chi connectivity index (χ2n) is 18.8. The summed E-state index contributed by atoms with van der Waals surface area (Å²) < 4.78 is 27.0. The van der Waals surface area contributed by atoms with Crippen molar-refractivity contribution in [3.8, 4) is 5.75 Å². The molecule has 2 aliphatic heterocycles. The minimum atomic E-state index is -0.819. The van der Waals surface area contributed by atoms with Crippen molar-refractivity contribution < 1.29 is 34.0 Å². The molecule has 278 valence electrons. The van der Waals surface area contributed by atoms with E-state index in [-0.39, 0.29) is 45.9 Å². The molecule has 0 radical (unpaired) electrons. The lowest BCUT2D eigenvalue weighted by molar-refractivity contribution is -0.306. The summed E-state index contributed by atoms with van der Waals surface area (Å²) in [5, 5.41) is 26.5. The summed E-state index contributed by atoms with van der Waals surface area (Å²) in [6.45, 7) is 22.1. The molecule has 1 aromatic carbocycles. The summed E-state index contributed by atoms with van der Waals surface area (Å²) in [5.74, 6) is -0.472. The number of allylic oxidation sites excluding steroid dienone is 1. The van der Waals surface area contributed by atoms with Crippen LogP contribution in [0.1, 0.15) is 122 Å². The zero-order chi connectivity index (χ0) is 37.3. The highest BCUT2D eigenvalue weighted by atomic mass is 16.7. The summed E-state index contributed by atoms with van der Waals surface area (Å²) in [6.07, 6.45) is 9.98. The minimum Gasteiger partial charge on any atom is -0.505 e. The molecule has 2 saturated carbocycles. The van der Waals surface area contributed by atoms with Crippen LogP contribution in [0.15, 0.2) is 30.9 Å². The topological polar surface area (TPSA) is 98.9 Å². The highest BCUT2D eigenvalue weighted by molar-refractivity contribution is 6.11. The first-order valence-electron chi connectivity index (χ1n) is 19.3. The summed E-state index contributed by atoms with van der Waals surface area (Å²) in [5.41, 5.74) is 6.43. The smallest absolute Gasteiger partial charge is 0.330 e. The summed E-state index contributed by atoms with van der Waals surface area (Å²) in [6, 6.07) is 2.34. The molecule has 2 N–H and O–H groups in total. The number of methoxy groups -OCH3 is 2. The number of rotatable bonds is 4. The maximum Gasteiger partial charge on any atom is 0.330 e. The van der Waals surface area contributed by atoms with Gasteiger partial charge < -0.3 is 33.6 Å². The van der Waals surface area contributed by atoms with Crippen LogP contribution in [0.25, 0.3) is 27.4 Å². The van der Waals surface area contributed by atoms with Crippen LogP contribution in [-0.4, -0.2) is 57.9 Å². The Balaban J connectivity index is 1.26. The van der Waals surface area contributed by atoms with Gasteiger partial charge in [-0.3, -0.25) is 0 Å². The van der Waals surface area contributed by atoms with Crippen molar-refractivity contribution in [1.82, 2.24) is 4.40 Å². The van der Waals surface area contributed by atoms with Crippen LogP contribution < -0.4 is 0 Å². The van der Waals surface area contributed by atoms with Crippen LogP contribution >= 0.6 is 0 Å². The second-order valence-corrected chi connectivity index (χ2v) is 18.8. The lowest BCUT2D eigenvalue weighted by Crippen LogP contribution is -2.65. The first-order chi connectivity index (χ1) is 24.3. The average molecular weight is 710 g/mol. The van der Waals surface area contributed by atoms with E-state index >= 15 is 0 Å². The quantitative estimate of drug-likeness (QED) is 0.207. The number of hydrogen-bond donors (Lipinski definition) is 2. The van der Waals surface area contributed by atoms with E-state index in [1.165, 1.54) is 29.8 Å². The number of carbonyl (C=O) groups excluding carboxylic acids is 1. The highest BCUT2D eigenvalue weighted by Crippen LogP contribution is 2.75. The number of aromatic hydroxyl groups is 1. The van der Waals surface area contributed by atoms with E-state index in [1.807, 2.05) is 13.0 Å². The van der Waals surface area contributed by atoms with Crippen molar-refractivity contribution in [1.29, 1.82) is 0 Å². The highest BCUT2D eigenvalue weighted by Gasteiger charge is 2.73. The molecule has 6 aliphatic rings. The number of benzene rings is 1. The van der Waals surface area contributed by atoms with E-state index < -0.39 is 23.1 Å². The van der Waals surface area contributed by atoms with Crippen LogP contribution in [0.4, 0.5) is 0 Å². The van der Waals surface area contributed by atoms with Crippen molar-refractivity contribution in [2.45, 2.75) is 129 Å². The molecule has 4 aliphatic carbocycles. The number of fused-ring (bicyclic) bond motifs is 13. The van der Waals surface area contributed by atoms with Crippen LogP contribution in [0.2, 0.25) is 0 Å². The maximum atomic E-state index is 12.4. The fourth-order valence-corrected chi connectivity index (χ4v) is 13.7. The third-order valence-electron chi connectivity index (χ3n) is 15.6. The SMILES string of the molecule is C=C(C)c1c(O)c2c3c(cc4c5c(n1c42)[C@@]1(C)C(CCC2[C@]4(C)C[C@@H](C=CC(=O)OC)OC4(OC)CC[C@@]21C)C5)C1=CC(C)(C)OC(C)(C)C1C3O.